The van der Waals surface area contributed by atoms with Gasteiger partial charge in [0, 0.05) is 5.75 Å². The van der Waals surface area contributed by atoms with Gasteiger partial charge in [0.2, 0.25) is 0 Å². The van der Waals surface area contributed by atoms with Crippen LogP contribution in [0.1, 0.15) is 18.9 Å². The van der Waals surface area contributed by atoms with Gasteiger partial charge < -0.3 is 4.74 Å². The normalized spacial score (nSPS) is 13.3. The van der Waals surface area contributed by atoms with E-state index in [9.17, 15) is 8.42 Å². The largest absolute Gasteiger partial charge is 0.497 e. The van der Waals surface area contributed by atoms with Crippen LogP contribution in [-0.4, -0.2) is 33.8 Å². The summed E-state index contributed by atoms with van der Waals surface area (Å²) in [4.78, 5) is 0. The van der Waals surface area contributed by atoms with E-state index in [1.54, 1.807) is 7.11 Å². The van der Waals surface area contributed by atoms with Crippen LogP contribution >= 0.6 is 10.3 Å². The molecule has 4 nitrogen and oxygen atoms in total. The molecule has 0 aliphatic rings. The summed E-state index contributed by atoms with van der Waals surface area (Å²) in [5, 5.41) is 0. The van der Waals surface area contributed by atoms with Gasteiger partial charge in [-0.2, -0.15) is 8.42 Å². The summed E-state index contributed by atoms with van der Waals surface area (Å²) in [6, 6.07) is 7.60. The predicted molar refractivity (Wildman–Crippen MR) is 81.3 cm³/mol. The average molecular weight is 306 g/mol. The number of hydrogen-bond acceptors (Lipinski definition) is 4. The summed E-state index contributed by atoms with van der Waals surface area (Å²) >= 11 is 0. The summed E-state index contributed by atoms with van der Waals surface area (Å²) in [6.45, 7) is 1.83. The minimum Gasteiger partial charge on any atom is -0.497 e. The molecule has 1 aromatic rings. The fourth-order valence-corrected chi connectivity index (χ4v) is 5.92. The Hall–Kier alpha value is -0.720. The summed E-state index contributed by atoms with van der Waals surface area (Å²) in [5.74, 6) is 1.47. The third-order valence-electron chi connectivity index (χ3n) is 2.42. The first-order valence-corrected chi connectivity index (χ1v) is 10.2. The van der Waals surface area contributed by atoms with Crippen molar-refractivity contribution in [3.63, 3.8) is 0 Å². The van der Waals surface area contributed by atoms with Crippen LogP contribution in [0.5, 0.6) is 5.75 Å². The van der Waals surface area contributed by atoms with E-state index in [0.29, 0.717) is 12.2 Å². The summed E-state index contributed by atoms with van der Waals surface area (Å²) in [6.07, 6.45) is 4.30. The van der Waals surface area contributed by atoms with Gasteiger partial charge in [-0.25, -0.2) is 3.63 Å². The maximum Gasteiger partial charge on any atom is 0.276 e. The number of methoxy groups -OCH3 is 1. The van der Waals surface area contributed by atoms with Gasteiger partial charge in [-0.1, -0.05) is 19.1 Å². The molecule has 110 valence electrons. The Morgan fingerprint density at radius 1 is 1.11 bits per heavy atom. The minimum atomic E-state index is -3.41. The number of ether oxygens (including phenoxy) is 1. The summed E-state index contributed by atoms with van der Waals surface area (Å²) in [5.41, 5.74) is 1.05. The second-order valence-electron chi connectivity index (χ2n) is 4.76. The molecule has 0 aromatic heterocycles. The molecule has 0 heterocycles. The third-order valence-corrected chi connectivity index (χ3v) is 6.65. The quantitative estimate of drug-likeness (QED) is 0.777. The van der Waals surface area contributed by atoms with Crippen molar-refractivity contribution >= 4 is 20.4 Å². The molecule has 0 aliphatic carbocycles. The molecule has 0 unspecified atom stereocenters. The Bertz CT molecular complexity index is 492. The molecule has 0 N–H and O–H groups in total. The van der Waals surface area contributed by atoms with E-state index in [2.05, 4.69) is 0 Å². The van der Waals surface area contributed by atoms with Crippen molar-refractivity contribution in [2.24, 2.45) is 0 Å². The monoisotopic (exact) mass is 306 g/mol. The molecule has 0 radical (unpaired) electrons. The summed E-state index contributed by atoms with van der Waals surface area (Å²) < 4.78 is 33.9. The first-order valence-electron chi connectivity index (χ1n) is 6.05. The van der Waals surface area contributed by atoms with Crippen LogP contribution in [0.25, 0.3) is 0 Å². The van der Waals surface area contributed by atoms with Crippen molar-refractivity contribution in [2.75, 3.05) is 25.4 Å². The average Bonchev–Trinajstić information content (AvgIpc) is 2.27. The predicted octanol–water partition coefficient (Wildman–Crippen LogP) is 2.93. The molecule has 19 heavy (non-hydrogen) atoms. The van der Waals surface area contributed by atoms with E-state index in [-0.39, 0.29) is 5.75 Å². The van der Waals surface area contributed by atoms with Crippen LogP contribution in [0.4, 0.5) is 0 Å². The third kappa shape index (κ3) is 5.84. The van der Waals surface area contributed by atoms with Crippen molar-refractivity contribution in [3.05, 3.63) is 29.8 Å². The molecular formula is C13H22O4S2. The minimum absolute atomic E-state index is 0.0754. The molecule has 0 bridgehead atoms. The molecular weight excluding hydrogens is 284 g/mol. The number of hydrogen-bond donors (Lipinski definition) is 0. The molecule has 1 rings (SSSR count). The zero-order chi connectivity index (χ0) is 14.5. The molecule has 0 spiro atoms. The molecule has 1 aromatic carbocycles. The van der Waals surface area contributed by atoms with Crippen LogP contribution in [0, 0.1) is 0 Å². The highest BCUT2D eigenvalue weighted by molar-refractivity contribution is 8.31. The highest BCUT2D eigenvalue weighted by atomic mass is 32.3. The zero-order valence-electron chi connectivity index (χ0n) is 11.9. The zero-order valence-corrected chi connectivity index (χ0v) is 13.5. The fraction of sp³-hybridized carbons (Fsp3) is 0.538. The van der Waals surface area contributed by atoms with Crippen LogP contribution in [0.15, 0.2) is 24.3 Å². The Labute approximate surface area is 117 Å². The lowest BCUT2D eigenvalue weighted by Crippen LogP contribution is -2.14. The summed E-state index contributed by atoms with van der Waals surface area (Å²) in [7, 11) is -3.46. The van der Waals surface area contributed by atoms with Gasteiger partial charge >= 0.3 is 0 Å². The maximum atomic E-state index is 11.7. The van der Waals surface area contributed by atoms with E-state index < -0.39 is 20.4 Å². The molecule has 0 saturated carbocycles. The first kappa shape index (κ1) is 16.3. The van der Waals surface area contributed by atoms with E-state index in [1.165, 1.54) is 0 Å². The number of benzene rings is 1. The van der Waals surface area contributed by atoms with Crippen molar-refractivity contribution in [1.29, 1.82) is 0 Å². The molecule has 0 amide bonds. The van der Waals surface area contributed by atoms with Crippen LogP contribution in [0.3, 0.4) is 0 Å². The first-order chi connectivity index (χ1) is 8.78. The Balaban J connectivity index is 2.72. The number of rotatable bonds is 7. The lowest BCUT2D eigenvalue weighted by molar-refractivity contribution is 0.414. The van der Waals surface area contributed by atoms with Gasteiger partial charge in [-0.15, -0.1) is 10.3 Å². The van der Waals surface area contributed by atoms with Gasteiger partial charge in [0.25, 0.3) is 10.1 Å². The molecule has 0 aliphatic heterocycles. The highest BCUT2D eigenvalue weighted by Crippen LogP contribution is 2.46. The van der Waals surface area contributed by atoms with Gasteiger partial charge in [0.05, 0.1) is 12.9 Å². The Morgan fingerprint density at radius 2 is 1.68 bits per heavy atom. The smallest absolute Gasteiger partial charge is 0.276 e. The molecule has 0 saturated heterocycles. The SMILES string of the molecule is CCCS(=O)(=O)OS(C)(C)Cc1ccc(OC)cc1. The lowest BCUT2D eigenvalue weighted by Gasteiger charge is -2.29. The highest BCUT2D eigenvalue weighted by Gasteiger charge is 2.22. The van der Waals surface area contributed by atoms with Crippen LogP contribution < -0.4 is 4.74 Å². The Morgan fingerprint density at radius 3 is 2.16 bits per heavy atom. The van der Waals surface area contributed by atoms with Gasteiger partial charge in [0.15, 0.2) is 0 Å². The van der Waals surface area contributed by atoms with Crippen molar-refractivity contribution in [2.45, 2.75) is 19.1 Å². The van der Waals surface area contributed by atoms with Gasteiger partial charge in [0.1, 0.15) is 5.75 Å². The van der Waals surface area contributed by atoms with Crippen molar-refractivity contribution in [1.82, 2.24) is 0 Å². The van der Waals surface area contributed by atoms with E-state index in [4.69, 9.17) is 8.37 Å². The molecule has 0 fully saturated rings. The maximum absolute atomic E-state index is 11.7. The topological polar surface area (TPSA) is 52.6 Å². The van der Waals surface area contributed by atoms with Gasteiger partial charge in [-0.05, 0) is 36.6 Å². The molecule has 0 atom stereocenters. The van der Waals surface area contributed by atoms with E-state index in [1.807, 2.05) is 43.7 Å². The second kappa shape index (κ2) is 6.63. The van der Waals surface area contributed by atoms with Crippen molar-refractivity contribution in [3.8, 4) is 5.75 Å². The van der Waals surface area contributed by atoms with E-state index >= 15 is 0 Å². The van der Waals surface area contributed by atoms with Gasteiger partial charge in [-0.3, -0.25) is 0 Å². The molecule has 6 heteroatoms. The van der Waals surface area contributed by atoms with Crippen LogP contribution in [0.2, 0.25) is 0 Å². The second-order valence-corrected chi connectivity index (χ2v) is 9.99. The van der Waals surface area contributed by atoms with E-state index in [0.717, 1.165) is 11.3 Å². The van der Waals surface area contributed by atoms with Crippen molar-refractivity contribution < 1.29 is 16.8 Å². The Kier molecular flexibility index (Phi) is 5.70. The van der Waals surface area contributed by atoms with Crippen LogP contribution in [-0.2, 0) is 19.5 Å². The lowest BCUT2D eigenvalue weighted by atomic mass is 10.2. The fourth-order valence-electron chi connectivity index (χ4n) is 1.71. The standard InChI is InChI=1S/C13H22O4S2/c1-5-10-19(14,15)17-18(3,4)11-12-6-8-13(16-2)9-7-12/h6-9H,5,10-11H2,1-4H3.